The molecule has 4 aromatic carbocycles. The molecule has 0 bridgehead atoms. The number of benzene rings is 4. The number of fused-ring (bicyclic) bond motifs is 4. The van der Waals surface area contributed by atoms with Crippen LogP contribution in [0.2, 0.25) is 0 Å². The number of piperazine rings is 1. The number of rotatable bonds is 7. The SMILES string of the molecule is O=C(NCCCCN1CCN(c2cccc3ccccc23)CC1)c1cccc2c1C(=O)c1ccccc1-2. The zero-order valence-electron chi connectivity index (χ0n) is 21.0. The standard InChI is InChI=1S/C32H31N3O2/c36-31-27-13-4-3-12-25(27)26-14-8-15-28(30(26)31)32(37)33-17-5-6-18-34-19-21-35(22-20-34)29-16-7-10-23-9-1-2-11-24(23)29/h1-4,7-16H,5-6,17-22H2,(H,33,37). The third kappa shape index (κ3) is 4.51. The van der Waals surface area contributed by atoms with Gasteiger partial charge in [-0.2, -0.15) is 0 Å². The number of anilines is 1. The van der Waals surface area contributed by atoms with Gasteiger partial charge in [0.2, 0.25) is 0 Å². The minimum absolute atomic E-state index is 0.0565. The van der Waals surface area contributed by atoms with Crippen molar-refractivity contribution in [2.45, 2.75) is 12.8 Å². The lowest BCUT2D eigenvalue weighted by molar-refractivity contribution is 0.0942. The fourth-order valence-corrected chi connectivity index (χ4v) is 5.72. The van der Waals surface area contributed by atoms with E-state index in [1.807, 2.05) is 36.4 Å². The monoisotopic (exact) mass is 489 g/mol. The van der Waals surface area contributed by atoms with Crippen LogP contribution in [0.4, 0.5) is 5.69 Å². The number of hydrogen-bond acceptors (Lipinski definition) is 4. The number of hydrogen-bond donors (Lipinski definition) is 1. The topological polar surface area (TPSA) is 52.7 Å². The molecule has 1 saturated heterocycles. The lowest BCUT2D eigenvalue weighted by Gasteiger charge is -2.36. The van der Waals surface area contributed by atoms with Crippen LogP contribution in [0.15, 0.2) is 84.9 Å². The number of amides is 1. The average molecular weight is 490 g/mol. The second kappa shape index (κ2) is 10.2. The highest BCUT2D eigenvalue weighted by Gasteiger charge is 2.30. The summed E-state index contributed by atoms with van der Waals surface area (Å²) in [7, 11) is 0. The normalized spacial score (nSPS) is 15.0. The van der Waals surface area contributed by atoms with E-state index >= 15 is 0 Å². The van der Waals surface area contributed by atoms with Gasteiger partial charge in [-0.25, -0.2) is 0 Å². The van der Waals surface area contributed by atoms with Gasteiger partial charge in [-0.15, -0.1) is 0 Å². The quantitative estimate of drug-likeness (QED) is 0.312. The van der Waals surface area contributed by atoms with Crippen LogP contribution in [0.3, 0.4) is 0 Å². The molecule has 186 valence electrons. The van der Waals surface area contributed by atoms with E-state index in [1.54, 1.807) is 6.07 Å². The van der Waals surface area contributed by atoms with Crippen molar-refractivity contribution < 1.29 is 9.59 Å². The van der Waals surface area contributed by atoms with Crippen molar-refractivity contribution in [3.05, 3.63) is 102 Å². The van der Waals surface area contributed by atoms with Crippen molar-refractivity contribution in [3.63, 3.8) is 0 Å². The molecule has 0 atom stereocenters. The number of carbonyl (C=O) groups is 2. The van der Waals surface area contributed by atoms with E-state index in [2.05, 4.69) is 57.6 Å². The third-order valence-electron chi connectivity index (χ3n) is 7.66. The third-order valence-corrected chi connectivity index (χ3v) is 7.66. The smallest absolute Gasteiger partial charge is 0.252 e. The van der Waals surface area contributed by atoms with Gasteiger partial charge in [0.05, 0.1) is 5.56 Å². The highest BCUT2D eigenvalue weighted by Crippen LogP contribution is 2.38. The lowest BCUT2D eigenvalue weighted by atomic mass is 10.0. The maximum absolute atomic E-state index is 13.0. The molecule has 0 aromatic heterocycles. The van der Waals surface area contributed by atoms with Crippen molar-refractivity contribution >= 4 is 28.2 Å². The summed E-state index contributed by atoms with van der Waals surface area (Å²) >= 11 is 0. The number of unbranched alkanes of at least 4 members (excludes halogenated alkanes) is 1. The molecule has 1 heterocycles. The van der Waals surface area contributed by atoms with E-state index in [-0.39, 0.29) is 11.7 Å². The van der Waals surface area contributed by atoms with Gasteiger partial charge in [0.1, 0.15) is 0 Å². The molecule has 0 unspecified atom stereocenters. The molecule has 0 saturated carbocycles. The summed E-state index contributed by atoms with van der Waals surface area (Å²) in [6.07, 6.45) is 1.95. The molecule has 5 nitrogen and oxygen atoms in total. The van der Waals surface area contributed by atoms with E-state index in [0.717, 1.165) is 56.7 Å². The summed E-state index contributed by atoms with van der Waals surface area (Å²) < 4.78 is 0. The first-order valence-corrected chi connectivity index (χ1v) is 13.2. The van der Waals surface area contributed by atoms with Crippen LogP contribution in [0.25, 0.3) is 21.9 Å². The van der Waals surface area contributed by atoms with E-state index in [9.17, 15) is 9.59 Å². The van der Waals surface area contributed by atoms with Gasteiger partial charge in [-0.1, -0.05) is 72.8 Å². The number of nitrogens with one attached hydrogen (secondary N) is 1. The Bertz CT molecular complexity index is 1460. The number of ketones is 1. The molecular formula is C32H31N3O2. The molecule has 37 heavy (non-hydrogen) atoms. The van der Waals surface area contributed by atoms with Gasteiger partial charge in [0, 0.05) is 54.9 Å². The van der Waals surface area contributed by atoms with Crippen molar-refractivity contribution in [3.8, 4) is 11.1 Å². The van der Waals surface area contributed by atoms with Gasteiger partial charge in [0.25, 0.3) is 5.91 Å². The first-order chi connectivity index (χ1) is 18.2. The van der Waals surface area contributed by atoms with Crippen molar-refractivity contribution in [2.75, 3.05) is 44.2 Å². The van der Waals surface area contributed by atoms with Crippen molar-refractivity contribution in [1.82, 2.24) is 10.2 Å². The molecule has 0 spiro atoms. The number of carbonyl (C=O) groups excluding carboxylic acids is 2. The first-order valence-electron chi connectivity index (χ1n) is 13.2. The lowest BCUT2D eigenvalue weighted by Crippen LogP contribution is -2.46. The predicted octanol–water partition coefficient (Wildman–Crippen LogP) is 5.38. The van der Waals surface area contributed by atoms with E-state index in [4.69, 9.17) is 0 Å². The Morgan fingerprint density at radius 3 is 2.30 bits per heavy atom. The highest BCUT2D eigenvalue weighted by molar-refractivity contribution is 6.25. The van der Waals surface area contributed by atoms with Crippen LogP contribution in [-0.4, -0.2) is 55.9 Å². The number of nitrogens with zero attached hydrogens (tertiary/aromatic N) is 2. The van der Waals surface area contributed by atoms with Crippen molar-refractivity contribution in [2.24, 2.45) is 0 Å². The van der Waals surface area contributed by atoms with Crippen LogP contribution < -0.4 is 10.2 Å². The van der Waals surface area contributed by atoms with Crippen LogP contribution in [0.1, 0.15) is 39.1 Å². The Balaban J connectivity index is 0.977. The fourth-order valence-electron chi connectivity index (χ4n) is 5.72. The molecule has 1 amide bonds. The molecule has 1 N–H and O–H groups in total. The zero-order chi connectivity index (χ0) is 25.2. The summed E-state index contributed by atoms with van der Waals surface area (Å²) in [5.74, 6) is -0.222. The summed E-state index contributed by atoms with van der Waals surface area (Å²) in [5, 5.41) is 5.65. The molecule has 1 aliphatic carbocycles. The Morgan fingerprint density at radius 1 is 0.730 bits per heavy atom. The van der Waals surface area contributed by atoms with Crippen LogP contribution in [0.5, 0.6) is 0 Å². The van der Waals surface area contributed by atoms with Gasteiger partial charge in [-0.05, 0) is 48.0 Å². The molecule has 6 rings (SSSR count). The second-order valence-electron chi connectivity index (χ2n) is 9.89. The summed E-state index contributed by atoms with van der Waals surface area (Å²) in [6, 6.07) is 28.3. The first kappa shape index (κ1) is 23.4. The van der Waals surface area contributed by atoms with E-state index < -0.39 is 0 Å². The minimum Gasteiger partial charge on any atom is -0.368 e. The van der Waals surface area contributed by atoms with Gasteiger partial charge < -0.3 is 10.2 Å². The summed E-state index contributed by atoms with van der Waals surface area (Å²) in [6.45, 7) is 5.80. The Morgan fingerprint density at radius 2 is 1.43 bits per heavy atom. The maximum Gasteiger partial charge on any atom is 0.252 e. The molecular weight excluding hydrogens is 458 g/mol. The zero-order valence-corrected chi connectivity index (χ0v) is 21.0. The van der Waals surface area contributed by atoms with E-state index in [1.165, 1.54) is 16.5 Å². The van der Waals surface area contributed by atoms with Gasteiger partial charge in [0.15, 0.2) is 5.78 Å². The molecule has 1 fully saturated rings. The highest BCUT2D eigenvalue weighted by atomic mass is 16.2. The predicted molar refractivity (Wildman–Crippen MR) is 149 cm³/mol. The van der Waals surface area contributed by atoms with Crippen LogP contribution in [0, 0.1) is 0 Å². The van der Waals surface area contributed by atoms with Gasteiger partial charge >= 0.3 is 0 Å². The molecule has 1 aliphatic heterocycles. The Hall–Kier alpha value is -3.96. The van der Waals surface area contributed by atoms with Crippen molar-refractivity contribution in [1.29, 1.82) is 0 Å². The largest absolute Gasteiger partial charge is 0.368 e. The fraction of sp³-hybridized carbons (Fsp3) is 0.250. The van der Waals surface area contributed by atoms with Gasteiger partial charge in [-0.3, -0.25) is 14.5 Å². The summed E-state index contributed by atoms with van der Waals surface area (Å²) in [4.78, 5) is 30.9. The molecule has 0 radical (unpaired) electrons. The van der Waals surface area contributed by atoms with E-state index in [0.29, 0.717) is 23.2 Å². The molecule has 5 heteroatoms. The second-order valence-corrected chi connectivity index (χ2v) is 9.89. The minimum atomic E-state index is -0.165. The summed E-state index contributed by atoms with van der Waals surface area (Å²) in [5.41, 5.74) is 4.79. The Labute approximate surface area is 217 Å². The maximum atomic E-state index is 13.0. The van der Waals surface area contributed by atoms with Crippen LogP contribution in [-0.2, 0) is 0 Å². The molecule has 2 aliphatic rings. The van der Waals surface area contributed by atoms with Crippen LogP contribution >= 0.6 is 0 Å². The molecule has 4 aromatic rings. The Kier molecular flexibility index (Phi) is 6.46. The average Bonchev–Trinajstić information content (AvgIpc) is 3.25.